The van der Waals surface area contributed by atoms with Crippen LogP contribution in [0.1, 0.15) is 31.7 Å². The third-order valence-corrected chi connectivity index (χ3v) is 1.86. The van der Waals surface area contributed by atoms with E-state index in [1.54, 1.807) is 6.07 Å². The first kappa shape index (κ1) is 9.04. The van der Waals surface area contributed by atoms with E-state index >= 15 is 0 Å². The second-order valence-electron chi connectivity index (χ2n) is 2.88. The first-order chi connectivity index (χ1) is 5.84. The van der Waals surface area contributed by atoms with Crippen LogP contribution >= 0.6 is 0 Å². The highest BCUT2D eigenvalue weighted by Gasteiger charge is 1.97. The second kappa shape index (κ2) is 4.75. The molecule has 0 spiro atoms. The van der Waals surface area contributed by atoms with Gasteiger partial charge in [-0.3, -0.25) is 0 Å². The Balaban J connectivity index is 2.52. The highest BCUT2D eigenvalue weighted by Crippen LogP contribution is 2.01. The van der Waals surface area contributed by atoms with Gasteiger partial charge in [0, 0.05) is 5.56 Å². The van der Waals surface area contributed by atoms with Gasteiger partial charge in [0.1, 0.15) is 0 Å². The summed E-state index contributed by atoms with van der Waals surface area (Å²) in [6.45, 7) is 2.15. The Morgan fingerprint density at radius 2 is 2.25 bits per heavy atom. The lowest BCUT2D eigenvalue weighted by Gasteiger charge is -1.96. The predicted molar refractivity (Wildman–Crippen MR) is 48.2 cm³/mol. The van der Waals surface area contributed by atoms with E-state index in [4.69, 9.17) is 4.42 Å². The van der Waals surface area contributed by atoms with Gasteiger partial charge in [-0.2, -0.15) is 0 Å². The molecule has 0 aliphatic rings. The van der Waals surface area contributed by atoms with Crippen LogP contribution in [0.2, 0.25) is 0 Å². The standard InChI is InChI=1S/C10H14O2/c1-2-3-4-6-9-7-5-8-12-10(9)11/h5,7-8H,2-4,6H2,1H3. The van der Waals surface area contributed by atoms with Crippen LogP contribution in [0.3, 0.4) is 0 Å². The Kier molecular flexibility index (Phi) is 3.58. The van der Waals surface area contributed by atoms with Crippen molar-refractivity contribution in [2.75, 3.05) is 0 Å². The lowest BCUT2D eigenvalue weighted by atomic mass is 10.1. The fourth-order valence-corrected chi connectivity index (χ4v) is 1.15. The molecular weight excluding hydrogens is 152 g/mol. The van der Waals surface area contributed by atoms with Crippen molar-refractivity contribution in [3.8, 4) is 0 Å². The van der Waals surface area contributed by atoms with Gasteiger partial charge in [0.2, 0.25) is 0 Å². The third kappa shape index (κ3) is 2.53. The fraction of sp³-hybridized carbons (Fsp3) is 0.500. The van der Waals surface area contributed by atoms with Crippen LogP contribution in [0.4, 0.5) is 0 Å². The summed E-state index contributed by atoms with van der Waals surface area (Å²) in [5, 5.41) is 0. The van der Waals surface area contributed by atoms with E-state index in [-0.39, 0.29) is 5.63 Å². The zero-order chi connectivity index (χ0) is 8.81. The quantitative estimate of drug-likeness (QED) is 0.643. The molecule has 0 aliphatic carbocycles. The molecule has 0 N–H and O–H groups in total. The molecule has 0 fully saturated rings. The van der Waals surface area contributed by atoms with E-state index in [1.165, 1.54) is 19.1 Å². The molecule has 66 valence electrons. The van der Waals surface area contributed by atoms with Crippen molar-refractivity contribution in [1.29, 1.82) is 0 Å². The third-order valence-electron chi connectivity index (χ3n) is 1.86. The summed E-state index contributed by atoms with van der Waals surface area (Å²) in [5.41, 5.74) is 0.611. The minimum atomic E-state index is -0.186. The number of rotatable bonds is 4. The molecule has 0 bridgehead atoms. The summed E-state index contributed by atoms with van der Waals surface area (Å²) in [4.78, 5) is 11.0. The fourth-order valence-electron chi connectivity index (χ4n) is 1.15. The van der Waals surface area contributed by atoms with Gasteiger partial charge in [0.05, 0.1) is 6.26 Å². The van der Waals surface area contributed by atoms with Crippen LogP contribution in [0.15, 0.2) is 27.6 Å². The van der Waals surface area contributed by atoms with Gasteiger partial charge >= 0.3 is 5.63 Å². The molecule has 2 heteroatoms. The second-order valence-corrected chi connectivity index (χ2v) is 2.88. The molecule has 1 rings (SSSR count). The van der Waals surface area contributed by atoms with Crippen molar-refractivity contribution >= 4 is 0 Å². The Hall–Kier alpha value is -1.05. The molecule has 1 heterocycles. The minimum Gasteiger partial charge on any atom is -0.431 e. The molecule has 2 nitrogen and oxygen atoms in total. The Bertz CT molecular complexity index is 275. The average molecular weight is 166 g/mol. The van der Waals surface area contributed by atoms with Crippen LogP contribution in [-0.4, -0.2) is 0 Å². The van der Waals surface area contributed by atoms with E-state index in [0.29, 0.717) is 0 Å². The van der Waals surface area contributed by atoms with Gasteiger partial charge in [0.25, 0.3) is 0 Å². The molecule has 12 heavy (non-hydrogen) atoms. The van der Waals surface area contributed by atoms with Crippen LogP contribution in [0.5, 0.6) is 0 Å². The molecule has 0 atom stereocenters. The number of unbranched alkanes of at least 4 members (excludes halogenated alkanes) is 2. The molecule has 0 radical (unpaired) electrons. The van der Waals surface area contributed by atoms with Crippen LogP contribution < -0.4 is 5.63 Å². The molecule has 0 saturated carbocycles. The van der Waals surface area contributed by atoms with Crippen molar-refractivity contribution in [2.45, 2.75) is 32.6 Å². The largest absolute Gasteiger partial charge is 0.431 e. The molecule has 0 saturated heterocycles. The van der Waals surface area contributed by atoms with Gasteiger partial charge in [-0.1, -0.05) is 19.8 Å². The Morgan fingerprint density at radius 1 is 1.42 bits per heavy atom. The van der Waals surface area contributed by atoms with Crippen LogP contribution in [0.25, 0.3) is 0 Å². The molecule has 0 aliphatic heterocycles. The van der Waals surface area contributed by atoms with E-state index in [0.717, 1.165) is 18.4 Å². The number of aryl methyl sites for hydroxylation is 1. The first-order valence-electron chi connectivity index (χ1n) is 4.41. The van der Waals surface area contributed by atoms with Gasteiger partial charge in [-0.05, 0) is 25.0 Å². The van der Waals surface area contributed by atoms with Crippen LogP contribution in [0, 0.1) is 0 Å². The van der Waals surface area contributed by atoms with E-state index in [2.05, 4.69) is 6.92 Å². The van der Waals surface area contributed by atoms with Crippen molar-refractivity contribution in [2.24, 2.45) is 0 Å². The van der Waals surface area contributed by atoms with Crippen molar-refractivity contribution < 1.29 is 4.42 Å². The highest BCUT2D eigenvalue weighted by molar-refractivity contribution is 5.06. The average Bonchev–Trinajstić information content (AvgIpc) is 2.09. The van der Waals surface area contributed by atoms with E-state index < -0.39 is 0 Å². The highest BCUT2D eigenvalue weighted by atomic mass is 16.4. The summed E-state index contributed by atoms with van der Waals surface area (Å²) in [6, 6.07) is 3.60. The number of hydrogen-bond acceptors (Lipinski definition) is 2. The van der Waals surface area contributed by atoms with Gasteiger partial charge in [-0.15, -0.1) is 0 Å². The Morgan fingerprint density at radius 3 is 2.92 bits per heavy atom. The Labute approximate surface area is 72.2 Å². The smallest absolute Gasteiger partial charge is 0.338 e. The molecule has 0 aromatic carbocycles. The van der Waals surface area contributed by atoms with Crippen molar-refractivity contribution in [3.05, 3.63) is 34.4 Å². The normalized spacial score (nSPS) is 10.1. The summed E-state index contributed by atoms with van der Waals surface area (Å²) >= 11 is 0. The summed E-state index contributed by atoms with van der Waals surface area (Å²) in [6.07, 6.45) is 5.69. The summed E-state index contributed by atoms with van der Waals surface area (Å²) in [5.74, 6) is 0. The predicted octanol–water partition coefficient (Wildman–Crippen LogP) is 2.37. The van der Waals surface area contributed by atoms with Crippen molar-refractivity contribution in [3.63, 3.8) is 0 Å². The SMILES string of the molecule is CCCCCc1cccoc1=O. The maximum Gasteiger partial charge on any atom is 0.338 e. The molecule has 0 unspecified atom stereocenters. The van der Waals surface area contributed by atoms with Gasteiger partial charge in [0.15, 0.2) is 0 Å². The van der Waals surface area contributed by atoms with E-state index in [9.17, 15) is 4.79 Å². The van der Waals surface area contributed by atoms with Gasteiger partial charge in [-0.25, -0.2) is 4.79 Å². The topological polar surface area (TPSA) is 30.2 Å². The zero-order valence-corrected chi connectivity index (χ0v) is 7.38. The van der Waals surface area contributed by atoms with Crippen LogP contribution in [-0.2, 0) is 6.42 Å². The minimum absolute atomic E-state index is 0.186. The molecular formula is C10H14O2. The summed E-state index contributed by atoms with van der Waals surface area (Å²) < 4.78 is 4.73. The molecule has 1 aromatic rings. The first-order valence-corrected chi connectivity index (χ1v) is 4.41. The maximum atomic E-state index is 11.0. The van der Waals surface area contributed by atoms with Gasteiger partial charge < -0.3 is 4.42 Å². The molecule has 0 amide bonds. The zero-order valence-electron chi connectivity index (χ0n) is 7.38. The number of hydrogen-bond donors (Lipinski definition) is 0. The maximum absolute atomic E-state index is 11.0. The lowest BCUT2D eigenvalue weighted by Crippen LogP contribution is -2.05. The molecule has 1 aromatic heterocycles. The van der Waals surface area contributed by atoms with E-state index in [1.807, 2.05) is 6.07 Å². The lowest BCUT2D eigenvalue weighted by molar-refractivity contribution is 0.499. The summed E-state index contributed by atoms with van der Waals surface area (Å²) in [7, 11) is 0. The monoisotopic (exact) mass is 166 g/mol. The van der Waals surface area contributed by atoms with Crippen molar-refractivity contribution in [1.82, 2.24) is 0 Å².